The van der Waals surface area contributed by atoms with Crippen molar-refractivity contribution in [1.29, 1.82) is 0 Å². The molecule has 0 saturated heterocycles. The van der Waals surface area contributed by atoms with Crippen LogP contribution in [0.15, 0.2) is 53.4 Å². The number of rotatable bonds is 6. The molecule has 0 aromatic heterocycles. The van der Waals surface area contributed by atoms with Crippen molar-refractivity contribution >= 4 is 15.8 Å². The topological polar surface area (TPSA) is 86.5 Å². The molecule has 0 heterocycles. The lowest BCUT2D eigenvalue weighted by molar-refractivity contribution is -0.149. The van der Waals surface area contributed by atoms with Gasteiger partial charge < -0.3 is 10.5 Å². The Bertz CT molecular complexity index is 935. The van der Waals surface area contributed by atoms with Gasteiger partial charge in [0.15, 0.2) is 9.84 Å². The molecule has 1 saturated carbocycles. The van der Waals surface area contributed by atoms with Gasteiger partial charge >= 0.3 is 5.97 Å². The van der Waals surface area contributed by atoms with Crippen molar-refractivity contribution in [3.05, 3.63) is 65.2 Å². The van der Waals surface area contributed by atoms with Gasteiger partial charge in [-0.2, -0.15) is 0 Å². The fraction of sp³-hybridized carbons (Fsp3) is 0.381. The summed E-state index contributed by atoms with van der Waals surface area (Å²) in [4.78, 5) is 13.0. The van der Waals surface area contributed by atoms with Crippen LogP contribution in [0.3, 0.4) is 0 Å². The van der Waals surface area contributed by atoms with Crippen molar-refractivity contribution in [3.63, 3.8) is 0 Å². The van der Waals surface area contributed by atoms with Crippen LogP contribution in [0.5, 0.6) is 0 Å². The standard InChI is InChI=1S/C21H25NO4S/c1-4-26-20(23)21(13-22)18(16-9-5-14(2)6-10-16)19(21)27(24,25)17-11-7-15(3)8-12-17/h5-12,18-19H,4,13,22H2,1-3H3/t18-,19-,21-/m0/s1. The molecule has 5 nitrogen and oxygen atoms in total. The smallest absolute Gasteiger partial charge is 0.315 e. The molecule has 0 radical (unpaired) electrons. The van der Waals surface area contributed by atoms with Gasteiger partial charge in [-0.1, -0.05) is 47.5 Å². The average molecular weight is 388 g/mol. The lowest BCUT2D eigenvalue weighted by Gasteiger charge is -2.14. The molecule has 1 aliphatic carbocycles. The maximum Gasteiger partial charge on any atom is 0.315 e. The van der Waals surface area contributed by atoms with E-state index in [-0.39, 0.29) is 18.0 Å². The largest absolute Gasteiger partial charge is 0.465 e. The van der Waals surface area contributed by atoms with Gasteiger partial charge in [-0.25, -0.2) is 8.42 Å². The van der Waals surface area contributed by atoms with Gasteiger partial charge in [0.2, 0.25) is 0 Å². The molecule has 1 fully saturated rings. The van der Waals surface area contributed by atoms with E-state index in [4.69, 9.17) is 10.5 Å². The van der Waals surface area contributed by atoms with Gasteiger partial charge in [0.25, 0.3) is 0 Å². The van der Waals surface area contributed by atoms with Crippen molar-refractivity contribution in [2.75, 3.05) is 13.2 Å². The first-order valence-electron chi connectivity index (χ1n) is 9.03. The van der Waals surface area contributed by atoms with Gasteiger partial charge in [-0.3, -0.25) is 4.79 Å². The van der Waals surface area contributed by atoms with Crippen molar-refractivity contribution in [2.45, 2.75) is 36.8 Å². The number of benzene rings is 2. The molecule has 0 spiro atoms. The summed E-state index contributed by atoms with van der Waals surface area (Å²) in [7, 11) is -3.75. The number of nitrogens with two attached hydrogens (primary N) is 1. The number of aryl methyl sites for hydroxylation is 2. The van der Waals surface area contributed by atoms with Crippen molar-refractivity contribution in [1.82, 2.24) is 0 Å². The Kier molecular flexibility index (Phi) is 5.14. The third-order valence-corrected chi connectivity index (χ3v) is 7.66. The van der Waals surface area contributed by atoms with Crippen molar-refractivity contribution < 1.29 is 17.9 Å². The molecule has 3 atom stereocenters. The number of esters is 1. The van der Waals surface area contributed by atoms with Gasteiger partial charge in [0.05, 0.1) is 16.8 Å². The molecule has 0 unspecified atom stereocenters. The van der Waals surface area contributed by atoms with E-state index in [0.29, 0.717) is 0 Å². The SMILES string of the molecule is CCOC(=O)[C@@]1(CN)[C@@H](c2ccc(C)cc2)[C@@H]1S(=O)(=O)c1ccc(C)cc1. The second-order valence-corrected chi connectivity index (χ2v) is 9.20. The number of carbonyl (C=O) groups excluding carboxylic acids is 1. The minimum Gasteiger partial charge on any atom is -0.465 e. The van der Waals surface area contributed by atoms with Crippen LogP contribution in [-0.2, 0) is 19.4 Å². The maximum absolute atomic E-state index is 13.4. The molecule has 2 aromatic rings. The minimum absolute atomic E-state index is 0.0832. The Morgan fingerprint density at radius 3 is 2.04 bits per heavy atom. The summed E-state index contributed by atoms with van der Waals surface area (Å²) in [6.45, 7) is 5.65. The molecule has 2 aromatic carbocycles. The summed E-state index contributed by atoms with van der Waals surface area (Å²) in [6.07, 6.45) is 0. The summed E-state index contributed by atoms with van der Waals surface area (Å²) < 4.78 is 32.0. The Hall–Kier alpha value is -2.18. The van der Waals surface area contributed by atoms with Crippen molar-refractivity contribution in [2.24, 2.45) is 11.1 Å². The van der Waals surface area contributed by atoms with Gasteiger partial charge in [0.1, 0.15) is 5.41 Å². The maximum atomic E-state index is 13.4. The van der Waals surface area contributed by atoms with Crippen molar-refractivity contribution in [3.8, 4) is 0 Å². The van der Waals surface area contributed by atoms with E-state index in [9.17, 15) is 13.2 Å². The summed E-state index contributed by atoms with van der Waals surface area (Å²) in [6, 6.07) is 14.2. The van der Waals surface area contributed by atoms with Crippen LogP contribution in [0, 0.1) is 19.3 Å². The fourth-order valence-electron chi connectivity index (χ4n) is 3.82. The highest BCUT2D eigenvalue weighted by Crippen LogP contribution is 2.64. The third kappa shape index (κ3) is 3.17. The number of hydrogen-bond acceptors (Lipinski definition) is 5. The molecule has 6 heteroatoms. The highest BCUT2D eigenvalue weighted by Gasteiger charge is 2.75. The van der Waals surface area contributed by atoms with E-state index in [2.05, 4.69) is 0 Å². The summed E-state index contributed by atoms with van der Waals surface area (Å²) >= 11 is 0. The fourth-order valence-corrected chi connectivity index (χ4v) is 6.20. The van der Waals surface area contributed by atoms with E-state index < -0.39 is 32.4 Å². The molecule has 0 amide bonds. The normalized spacial score (nSPS) is 24.4. The minimum atomic E-state index is -3.75. The Labute approximate surface area is 160 Å². The van der Waals surface area contributed by atoms with Crippen LogP contribution < -0.4 is 5.73 Å². The first-order chi connectivity index (χ1) is 12.8. The quantitative estimate of drug-likeness (QED) is 0.770. The van der Waals surface area contributed by atoms with Gasteiger partial charge in [-0.05, 0) is 38.5 Å². The predicted molar refractivity (Wildman–Crippen MR) is 104 cm³/mol. The van der Waals surface area contributed by atoms with Crippen LogP contribution >= 0.6 is 0 Å². The molecule has 1 aliphatic rings. The summed E-state index contributed by atoms with van der Waals surface area (Å²) in [5.41, 5.74) is 7.55. The summed E-state index contributed by atoms with van der Waals surface area (Å²) in [5, 5.41) is -0.931. The average Bonchev–Trinajstić information content (AvgIpc) is 3.34. The van der Waals surface area contributed by atoms with E-state index >= 15 is 0 Å². The van der Waals surface area contributed by atoms with Crippen LogP contribution in [0.25, 0.3) is 0 Å². The Morgan fingerprint density at radius 1 is 1.04 bits per heavy atom. The molecule has 0 bridgehead atoms. The third-order valence-electron chi connectivity index (χ3n) is 5.37. The zero-order valence-electron chi connectivity index (χ0n) is 15.8. The molecule has 27 heavy (non-hydrogen) atoms. The lowest BCUT2D eigenvalue weighted by Crippen LogP contribution is -2.33. The molecular weight excluding hydrogens is 362 g/mol. The van der Waals surface area contributed by atoms with Gasteiger partial charge in [-0.15, -0.1) is 0 Å². The molecular formula is C21H25NO4S. The molecule has 3 rings (SSSR count). The Morgan fingerprint density at radius 2 is 1.56 bits per heavy atom. The van der Waals surface area contributed by atoms with E-state index in [1.165, 1.54) is 0 Å². The highest BCUT2D eigenvalue weighted by atomic mass is 32.2. The van der Waals surface area contributed by atoms with Crippen LogP contribution in [0.2, 0.25) is 0 Å². The predicted octanol–water partition coefficient (Wildman–Crippen LogP) is 2.75. The summed E-state index contributed by atoms with van der Waals surface area (Å²) in [5.74, 6) is -1.06. The van der Waals surface area contributed by atoms with Crippen LogP contribution in [0.4, 0.5) is 0 Å². The van der Waals surface area contributed by atoms with E-state index in [1.807, 2.05) is 38.1 Å². The van der Waals surface area contributed by atoms with Crippen LogP contribution in [0.1, 0.15) is 29.5 Å². The van der Waals surface area contributed by atoms with Gasteiger partial charge in [0, 0.05) is 12.5 Å². The number of hydrogen-bond donors (Lipinski definition) is 1. The molecule has 2 N–H and O–H groups in total. The lowest BCUT2D eigenvalue weighted by atomic mass is 9.98. The first kappa shape index (κ1) is 19.6. The number of carbonyl (C=O) groups is 1. The zero-order chi connectivity index (χ0) is 19.8. The second-order valence-electron chi connectivity index (χ2n) is 7.13. The molecule has 0 aliphatic heterocycles. The molecule has 144 valence electrons. The number of ether oxygens (including phenoxy) is 1. The Balaban J connectivity index is 2.10. The zero-order valence-corrected chi connectivity index (χ0v) is 16.6. The number of sulfone groups is 1. The highest BCUT2D eigenvalue weighted by molar-refractivity contribution is 7.92. The van der Waals surface area contributed by atoms with E-state index in [0.717, 1.165) is 16.7 Å². The second kappa shape index (κ2) is 7.09. The first-order valence-corrected chi connectivity index (χ1v) is 10.6. The monoisotopic (exact) mass is 387 g/mol. The van der Waals surface area contributed by atoms with Crippen LogP contribution in [-0.4, -0.2) is 32.8 Å². The van der Waals surface area contributed by atoms with E-state index in [1.54, 1.807) is 31.2 Å².